The number of carbonyl (C=O) groups is 1. The van der Waals surface area contributed by atoms with E-state index in [4.69, 9.17) is 0 Å². The first-order valence-corrected chi connectivity index (χ1v) is 7.44. The third-order valence-electron chi connectivity index (χ3n) is 3.70. The number of aromatic amines is 2. The average molecular weight is 335 g/mol. The molecule has 124 valence electrons. The molecule has 0 radical (unpaired) electrons. The number of para-hydroxylation sites is 2. The normalized spacial score (nSPS) is 10.9. The van der Waals surface area contributed by atoms with Gasteiger partial charge in [-0.1, -0.05) is 12.1 Å². The first kappa shape index (κ1) is 14.8. The Morgan fingerprint density at radius 2 is 1.88 bits per heavy atom. The van der Waals surface area contributed by atoms with Crippen LogP contribution in [-0.4, -0.2) is 36.3 Å². The van der Waals surface area contributed by atoms with Crippen molar-refractivity contribution in [2.24, 2.45) is 0 Å². The number of nitrogens with one attached hydrogen (secondary N) is 3. The van der Waals surface area contributed by atoms with Crippen LogP contribution in [-0.2, 0) is 0 Å². The molecule has 2 aromatic heterocycles. The summed E-state index contributed by atoms with van der Waals surface area (Å²) < 4.78 is 0. The summed E-state index contributed by atoms with van der Waals surface area (Å²) in [5, 5.41) is 28.2. The first-order chi connectivity index (χ1) is 12.1. The van der Waals surface area contributed by atoms with Crippen LogP contribution >= 0.6 is 0 Å². The van der Waals surface area contributed by atoms with E-state index in [1.54, 1.807) is 6.07 Å². The SMILES string of the molecule is O=C(Nc1cc(-c2nc3ccccc3[nH]2)[nH]n1)c1ccc(O)c(O)c1. The van der Waals surface area contributed by atoms with Crippen molar-refractivity contribution in [1.29, 1.82) is 0 Å². The zero-order valence-corrected chi connectivity index (χ0v) is 12.8. The molecule has 25 heavy (non-hydrogen) atoms. The van der Waals surface area contributed by atoms with Crippen LogP contribution in [0.3, 0.4) is 0 Å². The molecule has 4 aromatic rings. The number of fused-ring (bicyclic) bond motifs is 1. The monoisotopic (exact) mass is 335 g/mol. The fourth-order valence-electron chi connectivity index (χ4n) is 2.44. The molecule has 0 saturated carbocycles. The van der Waals surface area contributed by atoms with Crippen LogP contribution in [0.25, 0.3) is 22.6 Å². The lowest BCUT2D eigenvalue weighted by molar-refractivity contribution is 0.102. The number of phenols is 2. The second-order valence-corrected chi connectivity index (χ2v) is 5.43. The number of H-pyrrole nitrogens is 2. The van der Waals surface area contributed by atoms with Crippen LogP contribution < -0.4 is 5.32 Å². The Labute approximate surface area is 141 Å². The van der Waals surface area contributed by atoms with Crippen LogP contribution in [0.4, 0.5) is 5.82 Å². The predicted octanol–water partition coefficient (Wildman–Crippen LogP) is 2.62. The van der Waals surface area contributed by atoms with E-state index < -0.39 is 5.91 Å². The molecule has 0 bridgehead atoms. The van der Waals surface area contributed by atoms with Crippen molar-refractivity contribution >= 4 is 22.8 Å². The number of hydrogen-bond acceptors (Lipinski definition) is 5. The molecule has 8 heteroatoms. The van der Waals surface area contributed by atoms with Crippen molar-refractivity contribution in [2.75, 3.05) is 5.32 Å². The lowest BCUT2D eigenvalue weighted by Crippen LogP contribution is -2.11. The Morgan fingerprint density at radius 3 is 2.68 bits per heavy atom. The molecule has 0 atom stereocenters. The van der Waals surface area contributed by atoms with Gasteiger partial charge in [0.1, 0.15) is 5.69 Å². The number of phenolic OH excluding ortho intramolecular Hbond substituents is 2. The van der Waals surface area contributed by atoms with Gasteiger partial charge in [0.2, 0.25) is 0 Å². The highest BCUT2D eigenvalue weighted by molar-refractivity contribution is 6.04. The van der Waals surface area contributed by atoms with Gasteiger partial charge in [-0.15, -0.1) is 0 Å². The lowest BCUT2D eigenvalue weighted by atomic mass is 10.2. The number of aromatic nitrogens is 4. The minimum atomic E-state index is -0.460. The van der Waals surface area contributed by atoms with Crippen LogP contribution in [0.15, 0.2) is 48.5 Å². The number of benzene rings is 2. The summed E-state index contributed by atoms with van der Waals surface area (Å²) in [6.45, 7) is 0. The van der Waals surface area contributed by atoms with Crippen LogP contribution in [0.5, 0.6) is 11.5 Å². The molecule has 0 unspecified atom stereocenters. The van der Waals surface area contributed by atoms with Crippen molar-refractivity contribution in [3.8, 4) is 23.0 Å². The van der Waals surface area contributed by atoms with Crippen molar-refractivity contribution in [3.63, 3.8) is 0 Å². The largest absolute Gasteiger partial charge is 0.504 e. The molecule has 2 heterocycles. The lowest BCUT2D eigenvalue weighted by Gasteiger charge is -2.03. The van der Waals surface area contributed by atoms with E-state index in [9.17, 15) is 15.0 Å². The maximum Gasteiger partial charge on any atom is 0.257 e. The summed E-state index contributed by atoms with van der Waals surface area (Å²) in [6.07, 6.45) is 0. The Bertz CT molecular complexity index is 1050. The molecule has 0 spiro atoms. The fourth-order valence-corrected chi connectivity index (χ4v) is 2.44. The van der Waals surface area contributed by atoms with Crippen molar-refractivity contribution in [2.45, 2.75) is 0 Å². The van der Waals surface area contributed by atoms with E-state index in [2.05, 4.69) is 25.5 Å². The first-order valence-electron chi connectivity index (χ1n) is 7.44. The van der Waals surface area contributed by atoms with Crippen LogP contribution in [0.2, 0.25) is 0 Å². The summed E-state index contributed by atoms with van der Waals surface area (Å²) in [5.74, 6) is -0.191. The van der Waals surface area contributed by atoms with Gasteiger partial charge in [0, 0.05) is 11.6 Å². The van der Waals surface area contributed by atoms with Gasteiger partial charge in [0.25, 0.3) is 5.91 Å². The smallest absolute Gasteiger partial charge is 0.257 e. The summed E-state index contributed by atoms with van der Waals surface area (Å²) in [4.78, 5) is 19.8. The van der Waals surface area contributed by atoms with Gasteiger partial charge in [-0.25, -0.2) is 4.98 Å². The molecular weight excluding hydrogens is 322 g/mol. The molecular formula is C17H13N5O3. The summed E-state index contributed by atoms with van der Waals surface area (Å²) >= 11 is 0. The number of anilines is 1. The molecule has 1 amide bonds. The molecule has 4 rings (SSSR count). The van der Waals surface area contributed by atoms with Crippen molar-refractivity contribution in [1.82, 2.24) is 20.2 Å². The third-order valence-corrected chi connectivity index (χ3v) is 3.70. The number of aromatic hydroxyl groups is 2. The fraction of sp³-hybridized carbons (Fsp3) is 0. The van der Waals surface area contributed by atoms with Crippen LogP contribution in [0, 0.1) is 0 Å². The Morgan fingerprint density at radius 1 is 1.04 bits per heavy atom. The standard InChI is InChI=1S/C17H13N5O3/c23-13-6-5-9(7-14(13)24)17(25)20-15-8-12(21-22-15)16-18-10-3-1-2-4-11(10)19-16/h1-8,23-24H,(H,18,19)(H2,20,21,22,25). The second kappa shape index (κ2) is 5.68. The third kappa shape index (κ3) is 2.76. The Hall–Kier alpha value is -3.81. The van der Waals surface area contributed by atoms with E-state index in [0.29, 0.717) is 17.3 Å². The highest BCUT2D eigenvalue weighted by Gasteiger charge is 2.13. The predicted molar refractivity (Wildman–Crippen MR) is 91.4 cm³/mol. The average Bonchev–Trinajstić information content (AvgIpc) is 3.23. The molecule has 0 saturated heterocycles. The second-order valence-electron chi connectivity index (χ2n) is 5.43. The Balaban J connectivity index is 1.56. The van der Waals surface area contributed by atoms with E-state index in [1.807, 2.05) is 24.3 Å². The van der Waals surface area contributed by atoms with Gasteiger partial charge in [0.05, 0.1) is 11.0 Å². The Kier molecular flexibility index (Phi) is 3.35. The van der Waals surface area contributed by atoms with E-state index >= 15 is 0 Å². The number of amides is 1. The highest BCUT2D eigenvalue weighted by Crippen LogP contribution is 2.25. The summed E-state index contributed by atoms with van der Waals surface area (Å²) in [6, 6.07) is 13.1. The van der Waals surface area contributed by atoms with Gasteiger partial charge in [-0.3, -0.25) is 9.89 Å². The molecule has 8 nitrogen and oxygen atoms in total. The van der Waals surface area contributed by atoms with E-state index in [-0.39, 0.29) is 17.1 Å². The van der Waals surface area contributed by atoms with Gasteiger partial charge in [-0.05, 0) is 30.3 Å². The molecule has 0 aliphatic heterocycles. The van der Waals surface area contributed by atoms with Gasteiger partial charge < -0.3 is 20.5 Å². The number of carbonyl (C=O) groups excluding carboxylic acids is 1. The van der Waals surface area contributed by atoms with Gasteiger partial charge in [0.15, 0.2) is 23.1 Å². The zero-order chi connectivity index (χ0) is 17.4. The molecule has 5 N–H and O–H groups in total. The number of rotatable bonds is 3. The van der Waals surface area contributed by atoms with E-state index in [0.717, 1.165) is 11.0 Å². The highest BCUT2D eigenvalue weighted by atomic mass is 16.3. The maximum absolute atomic E-state index is 12.2. The molecule has 0 aliphatic rings. The molecule has 0 aliphatic carbocycles. The number of imidazole rings is 1. The van der Waals surface area contributed by atoms with E-state index in [1.165, 1.54) is 18.2 Å². The quantitative estimate of drug-likeness (QED) is 0.368. The van der Waals surface area contributed by atoms with Gasteiger partial charge >= 0.3 is 0 Å². The maximum atomic E-state index is 12.2. The summed E-state index contributed by atoms with van der Waals surface area (Å²) in [7, 11) is 0. The number of nitrogens with zero attached hydrogens (tertiary/aromatic N) is 2. The van der Waals surface area contributed by atoms with Gasteiger partial charge in [-0.2, -0.15) is 5.10 Å². The molecule has 2 aromatic carbocycles. The minimum absolute atomic E-state index is 0.198. The topological polar surface area (TPSA) is 127 Å². The number of hydrogen-bond donors (Lipinski definition) is 5. The summed E-state index contributed by atoms with van der Waals surface area (Å²) in [5.41, 5.74) is 2.55. The van der Waals surface area contributed by atoms with Crippen molar-refractivity contribution in [3.05, 3.63) is 54.1 Å². The molecule has 0 fully saturated rings. The van der Waals surface area contributed by atoms with Crippen LogP contribution in [0.1, 0.15) is 10.4 Å². The van der Waals surface area contributed by atoms with Crippen molar-refractivity contribution < 1.29 is 15.0 Å². The zero-order valence-electron chi connectivity index (χ0n) is 12.8. The minimum Gasteiger partial charge on any atom is -0.504 e.